The lowest BCUT2D eigenvalue weighted by molar-refractivity contribution is -0.145. The molecule has 380 valence electrons. The molecule has 2 aliphatic carbocycles. The van der Waals surface area contributed by atoms with Gasteiger partial charge in [0.05, 0.1) is 27.8 Å². The lowest BCUT2D eigenvalue weighted by atomic mass is 9.91. The Morgan fingerprint density at radius 2 is 0.917 bits per heavy atom. The van der Waals surface area contributed by atoms with Gasteiger partial charge in [0.15, 0.2) is 13.2 Å². The molecule has 2 aliphatic rings. The molecule has 1 N–H and O–H groups in total. The van der Waals surface area contributed by atoms with Crippen LogP contribution in [0, 0.1) is 0 Å². The van der Waals surface area contributed by atoms with Gasteiger partial charge in [-0.1, -0.05) is 58.9 Å². The van der Waals surface area contributed by atoms with E-state index in [1.807, 2.05) is 48.5 Å². The summed E-state index contributed by atoms with van der Waals surface area (Å²) >= 11 is 16.2. The number of hydrogen-bond donors (Lipinski definition) is 1. The molecule has 6 aromatic carbocycles. The van der Waals surface area contributed by atoms with E-state index in [-0.39, 0.29) is 32.4 Å². The molecule has 0 unspecified atom stereocenters. The van der Waals surface area contributed by atoms with Crippen LogP contribution in [0.4, 0.5) is 26.3 Å². The number of esters is 1. The Morgan fingerprint density at radius 1 is 0.528 bits per heavy atom. The Kier molecular flexibility index (Phi) is 18.7. The largest absolute Gasteiger partial charge is 0.489 e. The van der Waals surface area contributed by atoms with E-state index >= 15 is 0 Å². The molecule has 0 fully saturated rings. The first kappa shape index (κ1) is 54.1. The molecule has 0 saturated carbocycles. The number of rotatable bonds is 17. The van der Waals surface area contributed by atoms with Crippen molar-refractivity contribution >= 4 is 58.7 Å². The first-order valence-corrected chi connectivity index (χ1v) is 25.3. The fraction of sp³-hybridized carbons (Fsp3) is 0.296. The zero-order valence-electron chi connectivity index (χ0n) is 38.7. The van der Waals surface area contributed by atoms with E-state index in [2.05, 4.69) is 0 Å². The molecule has 0 heterocycles. The molecule has 0 aromatic heterocycles. The van der Waals surface area contributed by atoms with Crippen molar-refractivity contribution in [2.75, 3.05) is 19.8 Å². The minimum Gasteiger partial charge on any atom is -0.489 e. The summed E-state index contributed by atoms with van der Waals surface area (Å²) in [4.78, 5) is 26.5. The molecule has 0 spiro atoms. The molecule has 0 atom stereocenters. The number of alkyl halides is 6. The van der Waals surface area contributed by atoms with Gasteiger partial charge >= 0.3 is 24.3 Å². The van der Waals surface area contributed by atoms with Crippen LogP contribution in [0.1, 0.15) is 77.1 Å². The standard InChI is InChI=1S/C28H26ClF3O4S.C26H22ClF3O4S/c1-2-34-27(33)17-36-24-12-14-25(22-6-4-3-5-21(22)24)37-26-13-7-18(15-23(26)29)16-35-20-10-8-19(9-11-20)28(30,31)32;27-21-13-16(14-33-18-8-6-17(7-9-18)26(28,29)30)5-11-24(21)35-23-12-10-22(34-15-25(31)32)19-3-1-2-4-20(19)23/h7-15H,2-6,16-17H2,1H3;5-13H,1-4,14-15H2,(H,31,32). The average molecular weight is 1070 g/mol. The number of carbonyl (C=O) groups is 2. The van der Waals surface area contributed by atoms with Gasteiger partial charge in [-0.2, -0.15) is 26.3 Å². The maximum absolute atomic E-state index is 12.7. The minimum absolute atomic E-state index is 0.116. The van der Waals surface area contributed by atoms with E-state index in [0.717, 1.165) is 123 Å². The lowest BCUT2D eigenvalue weighted by Crippen LogP contribution is -2.16. The lowest BCUT2D eigenvalue weighted by Gasteiger charge is -2.22. The Bertz CT molecular complexity index is 2840. The van der Waals surface area contributed by atoms with Crippen molar-refractivity contribution in [2.24, 2.45) is 0 Å². The SMILES string of the molecule is CCOC(=O)COc1ccc(Sc2ccc(COc3ccc(C(F)(F)F)cc3)cc2Cl)c2c1CCCC2.O=C(O)COc1ccc(Sc2ccc(COc3ccc(C(F)(F)F)cc3)cc2Cl)c2c1CCCC2. The average Bonchev–Trinajstić information content (AvgIpc) is 3.36. The van der Waals surface area contributed by atoms with Crippen LogP contribution in [0.15, 0.2) is 129 Å². The Hall–Kier alpha value is -5.68. The smallest absolute Gasteiger partial charge is 0.416 e. The van der Waals surface area contributed by atoms with Crippen LogP contribution < -0.4 is 18.9 Å². The van der Waals surface area contributed by atoms with E-state index in [0.29, 0.717) is 39.7 Å². The molecular weight excluding hydrogens is 1030 g/mol. The summed E-state index contributed by atoms with van der Waals surface area (Å²) in [7, 11) is 0. The van der Waals surface area contributed by atoms with Gasteiger partial charge in [0, 0.05) is 19.6 Å². The van der Waals surface area contributed by atoms with Gasteiger partial charge in [0.1, 0.15) is 36.2 Å². The van der Waals surface area contributed by atoms with Crippen molar-refractivity contribution in [2.45, 2.75) is 103 Å². The van der Waals surface area contributed by atoms with E-state index in [1.54, 1.807) is 30.8 Å². The van der Waals surface area contributed by atoms with Crippen molar-refractivity contribution in [3.8, 4) is 23.0 Å². The molecule has 0 amide bonds. The normalized spacial score (nSPS) is 13.2. The Morgan fingerprint density at radius 3 is 1.29 bits per heavy atom. The number of fused-ring (bicyclic) bond motifs is 2. The van der Waals surface area contributed by atoms with Crippen LogP contribution in [-0.4, -0.2) is 36.9 Å². The van der Waals surface area contributed by atoms with Crippen molar-refractivity contribution in [1.29, 1.82) is 0 Å². The first-order chi connectivity index (χ1) is 34.4. The topological polar surface area (TPSA) is 101 Å². The summed E-state index contributed by atoms with van der Waals surface area (Å²) in [5.74, 6) is 0.619. The molecule has 0 radical (unpaired) electrons. The molecule has 0 bridgehead atoms. The second-order valence-electron chi connectivity index (χ2n) is 16.6. The third kappa shape index (κ3) is 15.0. The van der Waals surface area contributed by atoms with Gasteiger partial charge in [-0.25, -0.2) is 9.59 Å². The molecule has 6 aromatic rings. The van der Waals surface area contributed by atoms with E-state index in [9.17, 15) is 35.9 Å². The maximum atomic E-state index is 12.7. The summed E-state index contributed by atoms with van der Waals surface area (Å²) in [5, 5.41) is 10.0. The van der Waals surface area contributed by atoms with Crippen LogP contribution in [0.2, 0.25) is 10.0 Å². The van der Waals surface area contributed by atoms with Gasteiger partial charge in [-0.15, -0.1) is 0 Å². The van der Waals surface area contributed by atoms with Crippen molar-refractivity contribution in [3.63, 3.8) is 0 Å². The van der Waals surface area contributed by atoms with Gasteiger partial charge in [0.2, 0.25) is 0 Å². The van der Waals surface area contributed by atoms with E-state index in [1.165, 1.54) is 41.6 Å². The van der Waals surface area contributed by atoms with E-state index in [4.69, 9.17) is 52.0 Å². The summed E-state index contributed by atoms with van der Waals surface area (Å²) < 4.78 is 104. The van der Waals surface area contributed by atoms with Crippen molar-refractivity contribution < 1.29 is 64.7 Å². The first-order valence-electron chi connectivity index (χ1n) is 22.9. The number of ether oxygens (including phenoxy) is 5. The van der Waals surface area contributed by atoms with Crippen molar-refractivity contribution in [1.82, 2.24) is 0 Å². The predicted octanol–water partition coefficient (Wildman–Crippen LogP) is 15.3. The molecular formula is C54H48Cl2F6O8S2. The molecule has 72 heavy (non-hydrogen) atoms. The van der Waals surface area contributed by atoms with Gasteiger partial charge in [-0.3, -0.25) is 0 Å². The summed E-state index contributed by atoms with van der Waals surface area (Å²) in [5.41, 5.74) is 4.71. The second-order valence-corrected chi connectivity index (χ2v) is 19.6. The Balaban J connectivity index is 0.000000212. The molecule has 0 saturated heterocycles. The van der Waals surface area contributed by atoms with Crippen LogP contribution in [0.25, 0.3) is 0 Å². The van der Waals surface area contributed by atoms with Gasteiger partial charge in [-0.05, 0) is 189 Å². The zero-order chi connectivity index (χ0) is 51.4. The maximum Gasteiger partial charge on any atom is 0.416 e. The van der Waals surface area contributed by atoms with Crippen LogP contribution in [0.5, 0.6) is 23.0 Å². The fourth-order valence-corrected chi connectivity index (χ4v) is 10.7. The number of carboxylic acid groups (broad SMARTS) is 1. The summed E-state index contributed by atoms with van der Waals surface area (Å²) in [6, 6.07) is 27.9. The second kappa shape index (κ2) is 24.8. The highest BCUT2D eigenvalue weighted by atomic mass is 35.5. The van der Waals surface area contributed by atoms with Crippen LogP contribution in [-0.2, 0) is 65.6 Å². The zero-order valence-corrected chi connectivity index (χ0v) is 41.9. The molecule has 8 rings (SSSR count). The Labute approximate surface area is 431 Å². The minimum atomic E-state index is -4.38. The molecule has 0 aliphatic heterocycles. The number of benzene rings is 6. The number of carboxylic acids is 1. The highest BCUT2D eigenvalue weighted by Gasteiger charge is 2.31. The fourth-order valence-electron chi connectivity index (χ4n) is 8.03. The molecule has 8 nitrogen and oxygen atoms in total. The quantitative estimate of drug-likeness (QED) is 0.0702. The molecule has 18 heteroatoms. The van der Waals surface area contributed by atoms with Gasteiger partial charge < -0.3 is 28.8 Å². The van der Waals surface area contributed by atoms with Crippen molar-refractivity contribution in [3.05, 3.63) is 164 Å². The summed E-state index contributed by atoms with van der Waals surface area (Å²) in [6.07, 6.45) is -1.01. The van der Waals surface area contributed by atoms with Crippen LogP contribution in [0.3, 0.4) is 0 Å². The number of aliphatic carboxylic acids is 1. The third-order valence-electron chi connectivity index (χ3n) is 11.5. The number of carbonyl (C=O) groups excluding carboxylic acids is 1. The number of halogens is 8. The monoisotopic (exact) mass is 1070 g/mol. The number of hydrogen-bond acceptors (Lipinski definition) is 9. The van der Waals surface area contributed by atoms with Crippen LogP contribution >= 0.6 is 46.7 Å². The van der Waals surface area contributed by atoms with Gasteiger partial charge in [0.25, 0.3) is 0 Å². The highest BCUT2D eigenvalue weighted by Crippen LogP contribution is 2.44. The van der Waals surface area contributed by atoms with E-state index < -0.39 is 29.4 Å². The third-order valence-corrected chi connectivity index (χ3v) is 14.7. The highest BCUT2D eigenvalue weighted by molar-refractivity contribution is 7.99. The predicted molar refractivity (Wildman–Crippen MR) is 264 cm³/mol. The summed E-state index contributed by atoms with van der Waals surface area (Å²) in [6.45, 7) is 1.93.